The average molecular weight is 311 g/mol. The number of aromatic nitrogens is 2. The molecular formula is C12H11ClN4O2S. The van der Waals surface area contributed by atoms with Crippen LogP contribution in [0.2, 0.25) is 5.15 Å². The van der Waals surface area contributed by atoms with Gasteiger partial charge >= 0.3 is 5.69 Å². The maximum Gasteiger partial charge on any atom is 0.348 e. The van der Waals surface area contributed by atoms with E-state index in [-0.39, 0.29) is 16.7 Å². The van der Waals surface area contributed by atoms with Gasteiger partial charge in [0.05, 0.1) is 4.92 Å². The molecule has 0 bridgehead atoms. The van der Waals surface area contributed by atoms with E-state index >= 15 is 0 Å². The van der Waals surface area contributed by atoms with E-state index in [9.17, 15) is 10.1 Å². The quantitative estimate of drug-likeness (QED) is 0.300. The molecule has 2 rings (SSSR count). The second-order valence-corrected chi connectivity index (χ2v) is 4.93. The highest BCUT2D eigenvalue weighted by atomic mass is 35.5. The molecule has 104 valence electrons. The molecule has 0 atom stereocenters. The van der Waals surface area contributed by atoms with Gasteiger partial charge in [-0.25, -0.2) is 4.98 Å². The van der Waals surface area contributed by atoms with Crippen LogP contribution in [0.5, 0.6) is 0 Å². The summed E-state index contributed by atoms with van der Waals surface area (Å²) < 4.78 is 0. The summed E-state index contributed by atoms with van der Waals surface area (Å²) in [5.74, 6) is 0.128. The predicted octanol–water partition coefficient (Wildman–Crippen LogP) is 3.37. The summed E-state index contributed by atoms with van der Waals surface area (Å²) in [6.45, 7) is 0.419. The maximum atomic E-state index is 11.0. The molecule has 2 aromatic rings. The molecule has 0 aliphatic carbocycles. The van der Waals surface area contributed by atoms with Crippen molar-refractivity contribution in [3.05, 3.63) is 51.2 Å². The molecule has 0 amide bonds. The lowest BCUT2D eigenvalue weighted by Crippen LogP contribution is -2.07. The molecule has 0 radical (unpaired) electrons. The van der Waals surface area contributed by atoms with Crippen LogP contribution in [-0.4, -0.2) is 21.1 Å². The molecule has 6 nitrogen and oxygen atoms in total. The van der Waals surface area contributed by atoms with Crippen LogP contribution in [0.1, 0.15) is 5.56 Å². The van der Waals surface area contributed by atoms with Crippen LogP contribution in [0, 0.1) is 10.1 Å². The van der Waals surface area contributed by atoms with Crippen LogP contribution in [0.4, 0.5) is 11.5 Å². The Hall–Kier alpha value is -1.86. The van der Waals surface area contributed by atoms with Gasteiger partial charge < -0.3 is 5.32 Å². The number of benzene rings is 1. The van der Waals surface area contributed by atoms with Crippen molar-refractivity contribution in [3.8, 4) is 0 Å². The molecule has 0 aliphatic heterocycles. The van der Waals surface area contributed by atoms with Crippen molar-refractivity contribution in [2.45, 2.75) is 11.7 Å². The SMILES string of the molecule is CSc1nc(Cl)c([N+](=O)[O-])c(NCc2ccccc2)n1. The molecule has 0 unspecified atom stereocenters. The fourth-order valence-corrected chi connectivity index (χ4v) is 2.22. The van der Waals surface area contributed by atoms with Crippen molar-refractivity contribution in [3.63, 3.8) is 0 Å². The topological polar surface area (TPSA) is 81.0 Å². The summed E-state index contributed by atoms with van der Waals surface area (Å²) in [7, 11) is 0. The summed E-state index contributed by atoms with van der Waals surface area (Å²) in [5, 5.41) is 14.2. The number of anilines is 1. The Morgan fingerprint density at radius 1 is 1.35 bits per heavy atom. The standard InChI is InChI=1S/C12H11ClN4O2S/c1-20-12-15-10(13)9(17(18)19)11(16-12)14-7-8-5-3-2-4-6-8/h2-6H,7H2,1H3,(H,14,15,16). The Morgan fingerprint density at radius 3 is 2.65 bits per heavy atom. The summed E-state index contributed by atoms with van der Waals surface area (Å²) >= 11 is 7.11. The molecule has 1 N–H and O–H groups in total. The van der Waals surface area contributed by atoms with E-state index in [0.717, 1.165) is 5.56 Å². The Morgan fingerprint density at radius 2 is 2.05 bits per heavy atom. The van der Waals surface area contributed by atoms with E-state index in [1.54, 1.807) is 6.26 Å². The molecule has 0 spiro atoms. The zero-order valence-electron chi connectivity index (χ0n) is 10.5. The average Bonchev–Trinajstić information content (AvgIpc) is 2.45. The molecule has 0 aliphatic rings. The van der Waals surface area contributed by atoms with E-state index in [1.165, 1.54) is 11.8 Å². The van der Waals surface area contributed by atoms with Crippen LogP contribution in [0.3, 0.4) is 0 Å². The summed E-state index contributed by atoms with van der Waals surface area (Å²) in [4.78, 5) is 18.4. The first kappa shape index (κ1) is 14.5. The third-order valence-corrected chi connectivity index (χ3v) is 3.30. The van der Waals surface area contributed by atoms with Crippen molar-refractivity contribution >= 4 is 34.9 Å². The normalized spacial score (nSPS) is 10.3. The van der Waals surface area contributed by atoms with Gasteiger partial charge in [0.2, 0.25) is 11.0 Å². The van der Waals surface area contributed by atoms with Gasteiger partial charge in [-0.3, -0.25) is 10.1 Å². The number of nitrogens with zero attached hydrogens (tertiary/aromatic N) is 3. The Bertz CT molecular complexity index is 624. The minimum absolute atomic E-state index is 0.128. The predicted molar refractivity (Wildman–Crippen MR) is 79.2 cm³/mol. The molecule has 0 saturated carbocycles. The van der Waals surface area contributed by atoms with Gasteiger partial charge in [0.25, 0.3) is 0 Å². The third-order valence-electron chi connectivity index (χ3n) is 2.49. The molecule has 8 heteroatoms. The number of hydrogen-bond acceptors (Lipinski definition) is 6. The summed E-state index contributed by atoms with van der Waals surface area (Å²) in [6, 6.07) is 9.52. The van der Waals surface area contributed by atoms with Crippen molar-refractivity contribution in [1.29, 1.82) is 0 Å². The number of thioether (sulfide) groups is 1. The van der Waals surface area contributed by atoms with Crippen LogP contribution in [0.25, 0.3) is 0 Å². The summed E-state index contributed by atoms with van der Waals surface area (Å²) in [6.07, 6.45) is 1.78. The van der Waals surface area contributed by atoms with Crippen LogP contribution in [-0.2, 0) is 6.54 Å². The Kier molecular flexibility index (Phi) is 4.75. The van der Waals surface area contributed by atoms with Gasteiger partial charge in [-0.15, -0.1) is 0 Å². The Balaban J connectivity index is 2.29. The van der Waals surface area contributed by atoms with E-state index in [0.29, 0.717) is 11.7 Å². The zero-order chi connectivity index (χ0) is 14.5. The number of nitrogens with one attached hydrogen (secondary N) is 1. The second kappa shape index (κ2) is 6.53. The molecule has 0 saturated heterocycles. The van der Waals surface area contributed by atoms with Crippen molar-refractivity contribution in [2.75, 3.05) is 11.6 Å². The van der Waals surface area contributed by atoms with Gasteiger partial charge in [-0.1, -0.05) is 53.7 Å². The van der Waals surface area contributed by atoms with Crippen molar-refractivity contribution in [2.24, 2.45) is 0 Å². The van der Waals surface area contributed by atoms with Gasteiger partial charge in [-0.2, -0.15) is 4.98 Å². The number of rotatable bonds is 5. The molecular weight excluding hydrogens is 300 g/mol. The lowest BCUT2D eigenvalue weighted by atomic mass is 10.2. The fraction of sp³-hybridized carbons (Fsp3) is 0.167. The number of halogens is 1. The molecule has 1 heterocycles. The monoisotopic (exact) mass is 310 g/mol. The first-order chi connectivity index (χ1) is 9.61. The highest BCUT2D eigenvalue weighted by Crippen LogP contribution is 2.31. The highest BCUT2D eigenvalue weighted by molar-refractivity contribution is 7.98. The van der Waals surface area contributed by atoms with Gasteiger partial charge in [0.15, 0.2) is 5.16 Å². The highest BCUT2D eigenvalue weighted by Gasteiger charge is 2.23. The number of hydrogen-bond donors (Lipinski definition) is 1. The van der Waals surface area contributed by atoms with Crippen molar-refractivity contribution in [1.82, 2.24) is 9.97 Å². The van der Waals surface area contributed by atoms with Gasteiger partial charge in [0, 0.05) is 6.54 Å². The maximum absolute atomic E-state index is 11.0. The first-order valence-electron chi connectivity index (χ1n) is 5.65. The second-order valence-electron chi connectivity index (χ2n) is 3.79. The van der Waals surface area contributed by atoms with E-state index in [2.05, 4.69) is 15.3 Å². The molecule has 0 fully saturated rings. The minimum Gasteiger partial charge on any atom is -0.360 e. The minimum atomic E-state index is -0.584. The van der Waals surface area contributed by atoms with Crippen LogP contribution < -0.4 is 5.32 Å². The molecule has 20 heavy (non-hydrogen) atoms. The third kappa shape index (κ3) is 3.37. The molecule has 1 aromatic heterocycles. The summed E-state index contributed by atoms with van der Waals surface area (Å²) in [5.41, 5.74) is 0.683. The van der Waals surface area contributed by atoms with Crippen molar-refractivity contribution < 1.29 is 4.92 Å². The Labute approximate surface area is 124 Å². The lowest BCUT2D eigenvalue weighted by Gasteiger charge is -2.08. The van der Waals surface area contributed by atoms with Gasteiger partial charge in [0.1, 0.15) is 0 Å². The van der Waals surface area contributed by atoms with E-state index in [4.69, 9.17) is 11.6 Å². The van der Waals surface area contributed by atoms with E-state index < -0.39 is 4.92 Å². The molecule has 1 aromatic carbocycles. The van der Waals surface area contributed by atoms with E-state index in [1.807, 2.05) is 30.3 Å². The fourth-order valence-electron chi connectivity index (χ4n) is 1.57. The largest absolute Gasteiger partial charge is 0.360 e. The first-order valence-corrected chi connectivity index (χ1v) is 7.26. The van der Waals surface area contributed by atoms with Crippen LogP contribution in [0.15, 0.2) is 35.5 Å². The zero-order valence-corrected chi connectivity index (χ0v) is 12.1. The smallest absolute Gasteiger partial charge is 0.348 e. The van der Waals surface area contributed by atoms with Crippen LogP contribution >= 0.6 is 23.4 Å². The lowest BCUT2D eigenvalue weighted by molar-refractivity contribution is -0.384. The van der Waals surface area contributed by atoms with Gasteiger partial charge in [-0.05, 0) is 11.8 Å². The number of nitro groups is 1.